The fraction of sp³-hybridized carbons (Fsp3) is 0.250. The molecule has 0 aliphatic heterocycles. The molecule has 2 aromatic carbocycles. The fourth-order valence-electron chi connectivity index (χ4n) is 2.09. The van der Waals surface area contributed by atoms with Crippen molar-refractivity contribution in [2.24, 2.45) is 5.73 Å². The summed E-state index contributed by atoms with van der Waals surface area (Å²) < 4.78 is 11.5. The lowest BCUT2D eigenvalue weighted by molar-refractivity contribution is 0.392. The van der Waals surface area contributed by atoms with Crippen LogP contribution < -0.4 is 15.2 Å². The molecule has 0 aliphatic carbocycles. The minimum absolute atomic E-state index is 0.187. The quantitative estimate of drug-likeness (QED) is 0.850. The van der Waals surface area contributed by atoms with Gasteiger partial charge in [-0.1, -0.05) is 33.6 Å². The van der Waals surface area contributed by atoms with Gasteiger partial charge >= 0.3 is 0 Å². The van der Waals surface area contributed by atoms with Crippen LogP contribution in [0, 0.1) is 0 Å². The molecule has 112 valence electrons. The zero-order valence-electron chi connectivity index (χ0n) is 11.9. The van der Waals surface area contributed by atoms with E-state index in [0.717, 1.165) is 27.1 Å². The van der Waals surface area contributed by atoms with Gasteiger partial charge in [0.05, 0.1) is 14.2 Å². The molecule has 0 aromatic heterocycles. The molecule has 0 saturated carbocycles. The lowest BCUT2D eigenvalue weighted by Gasteiger charge is -2.16. The van der Waals surface area contributed by atoms with E-state index >= 15 is 0 Å². The first-order valence-corrected chi connectivity index (χ1v) is 7.63. The molecule has 0 bridgehead atoms. The molecular weight excluding hydrogens is 354 g/mol. The first-order chi connectivity index (χ1) is 10.0. The van der Waals surface area contributed by atoms with E-state index in [2.05, 4.69) is 15.9 Å². The topological polar surface area (TPSA) is 44.5 Å². The molecule has 21 heavy (non-hydrogen) atoms. The molecule has 2 aromatic rings. The van der Waals surface area contributed by atoms with E-state index in [1.165, 1.54) is 0 Å². The molecule has 2 rings (SSSR count). The zero-order chi connectivity index (χ0) is 15.4. The summed E-state index contributed by atoms with van der Waals surface area (Å²) in [6, 6.07) is 11.3. The summed E-state index contributed by atoms with van der Waals surface area (Å²) in [6.45, 7) is 0. The van der Waals surface area contributed by atoms with Crippen LogP contribution in [0.5, 0.6) is 11.5 Å². The van der Waals surface area contributed by atoms with Gasteiger partial charge in [0.15, 0.2) is 0 Å². The molecule has 3 nitrogen and oxygen atoms in total. The summed E-state index contributed by atoms with van der Waals surface area (Å²) in [5.41, 5.74) is 8.26. The highest BCUT2D eigenvalue weighted by molar-refractivity contribution is 9.10. The standard InChI is InChI=1S/C16H17BrClNO2/c1-20-13-5-11(6-14(9-13)21-2)16(19)7-10-3-4-12(17)8-15(10)18/h3-6,8-9,16H,7,19H2,1-2H3. The van der Waals surface area contributed by atoms with Crippen molar-refractivity contribution in [3.63, 3.8) is 0 Å². The number of halogens is 2. The van der Waals surface area contributed by atoms with Crippen molar-refractivity contribution >= 4 is 27.5 Å². The number of rotatable bonds is 5. The van der Waals surface area contributed by atoms with Crippen LogP contribution in [0.2, 0.25) is 5.02 Å². The van der Waals surface area contributed by atoms with Gasteiger partial charge in [0.2, 0.25) is 0 Å². The van der Waals surface area contributed by atoms with Gasteiger partial charge in [-0.25, -0.2) is 0 Å². The van der Waals surface area contributed by atoms with Gasteiger partial charge in [0.25, 0.3) is 0 Å². The van der Waals surface area contributed by atoms with Gasteiger partial charge in [0.1, 0.15) is 11.5 Å². The molecule has 2 N–H and O–H groups in total. The lowest BCUT2D eigenvalue weighted by Crippen LogP contribution is -2.14. The number of methoxy groups -OCH3 is 2. The van der Waals surface area contributed by atoms with E-state index in [1.54, 1.807) is 14.2 Å². The van der Waals surface area contributed by atoms with Crippen LogP contribution >= 0.6 is 27.5 Å². The van der Waals surface area contributed by atoms with Crippen molar-refractivity contribution in [2.75, 3.05) is 14.2 Å². The maximum atomic E-state index is 6.30. The van der Waals surface area contributed by atoms with Gasteiger partial charge in [-0.2, -0.15) is 0 Å². The monoisotopic (exact) mass is 369 g/mol. The minimum atomic E-state index is -0.187. The Labute approximate surface area is 138 Å². The molecule has 1 unspecified atom stereocenters. The van der Waals surface area contributed by atoms with E-state index in [1.807, 2.05) is 36.4 Å². The molecule has 0 aliphatic rings. The first-order valence-electron chi connectivity index (χ1n) is 6.46. The average Bonchev–Trinajstić information content (AvgIpc) is 2.49. The van der Waals surface area contributed by atoms with Crippen LogP contribution in [-0.2, 0) is 6.42 Å². The van der Waals surface area contributed by atoms with Gasteiger partial charge in [-0.15, -0.1) is 0 Å². The Hall–Kier alpha value is -1.23. The van der Waals surface area contributed by atoms with Crippen LogP contribution in [-0.4, -0.2) is 14.2 Å². The number of nitrogens with two attached hydrogens (primary N) is 1. The predicted molar refractivity (Wildman–Crippen MR) is 89.3 cm³/mol. The zero-order valence-corrected chi connectivity index (χ0v) is 14.2. The van der Waals surface area contributed by atoms with Crippen LogP contribution in [0.25, 0.3) is 0 Å². The van der Waals surface area contributed by atoms with Gasteiger partial charge in [0, 0.05) is 21.6 Å². The summed E-state index contributed by atoms with van der Waals surface area (Å²) in [7, 11) is 3.24. The van der Waals surface area contributed by atoms with Gasteiger partial charge in [-0.3, -0.25) is 0 Å². The van der Waals surface area contributed by atoms with Gasteiger partial charge in [-0.05, 0) is 41.8 Å². The van der Waals surface area contributed by atoms with Crippen LogP contribution in [0.4, 0.5) is 0 Å². The second kappa shape index (κ2) is 7.16. The number of ether oxygens (including phenoxy) is 2. The molecule has 1 atom stereocenters. The van der Waals surface area contributed by atoms with Gasteiger partial charge < -0.3 is 15.2 Å². The Bertz CT molecular complexity index is 611. The molecule has 0 fully saturated rings. The van der Waals surface area contributed by atoms with Crippen molar-refractivity contribution in [2.45, 2.75) is 12.5 Å². The van der Waals surface area contributed by atoms with Crippen LogP contribution in [0.1, 0.15) is 17.2 Å². The number of hydrogen-bond acceptors (Lipinski definition) is 3. The Kier molecular flexibility index (Phi) is 5.51. The largest absolute Gasteiger partial charge is 0.497 e. The average molecular weight is 371 g/mol. The predicted octanol–water partition coefficient (Wildman–Crippen LogP) is 4.36. The molecule has 0 radical (unpaired) electrons. The Morgan fingerprint density at radius 1 is 1.10 bits per heavy atom. The van der Waals surface area contributed by atoms with E-state index in [-0.39, 0.29) is 6.04 Å². The van der Waals surface area contributed by atoms with Crippen molar-refractivity contribution in [3.05, 3.63) is 57.0 Å². The summed E-state index contributed by atoms with van der Waals surface area (Å²) in [5.74, 6) is 1.45. The van der Waals surface area contributed by atoms with Crippen molar-refractivity contribution in [1.29, 1.82) is 0 Å². The second-order valence-corrected chi connectivity index (χ2v) is 6.02. The minimum Gasteiger partial charge on any atom is -0.497 e. The van der Waals surface area contributed by atoms with Crippen LogP contribution in [0.15, 0.2) is 40.9 Å². The SMILES string of the molecule is COc1cc(OC)cc(C(N)Cc2ccc(Br)cc2Cl)c1. The maximum Gasteiger partial charge on any atom is 0.122 e. The fourth-order valence-corrected chi connectivity index (χ4v) is 2.84. The van der Waals surface area contributed by atoms with E-state index in [0.29, 0.717) is 11.4 Å². The molecule has 0 heterocycles. The molecule has 0 saturated heterocycles. The highest BCUT2D eigenvalue weighted by Gasteiger charge is 2.12. The second-order valence-electron chi connectivity index (χ2n) is 4.69. The Balaban J connectivity index is 2.25. The third-order valence-corrected chi connectivity index (χ3v) is 4.10. The summed E-state index contributed by atoms with van der Waals surface area (Å²) in [4.78, 5) is 0. The highest BCUT2D eigenvalue weighted by Crippen LogP contribution is 2.29. The first kappa shape index (κ1) is 16.1. The normalized spacial score (nSPS) is 12.0. The Morgan fingerprint density at radius 2 is 1.71 bits per heavy atom. The molecule has 5 heteroatoms. The van der Waals surface area contributed by atoms with Crippen molar-refractivity contribution < 1.29 is 9.47 Å². The summed E-state index contributed by atoms with van der Waals surface area (Å²) >= 11 is 9.64. The Morgan fingerprint density at radius 3 is 2.24 bits per heavy atom. The highest BCUT2D eigenvalue weighted by atomic mass is 79.9. The van der Waals surface area contributed by atoms with E-state index in [9.17, 15) is 0 Å². The third kappa shape index (κ3) is 4.13. The molecule has 0 amide bonds. The van der Waals surface area contributed by atoms with Crippen molar-refractivity contribution in [3.8, 4) is 11.5 Å². The van der Waals surface area contributed by atoms with E-state index in [4.69, 9.17) is 26.8 Å². The number of benzene rings is 2. The van der Waals surface area contributed by atoms with Crippen molar-refractivity contribution in [1.82, 2.24) is 0 Å². The smallest absolute Gasteiger partial charge is 0.122 e. The maximum absolute atomic E-state index is 6.30. The van der Waals surface area contributed by atoms with E-state index < -0.39 is 0 Å². The lowest BCUT2D eigenvalue weighted by atomic mass is 9.99. The molecular formula is C16H17BrClNO2. The molecule has 0 spiro atoms. The third-order valence-electron chi connectivity index (χ3n) is 3.26. The number of hydrogen-bond donors (Lipinski definition) is 1. The van der Waals surface area contributed by atoms with Crippen LogP contribution in [0.3, 0.4) is 0 Å². The summed E-state index contributed by atoms with van der Waals surface area (Å²) in [5, 5.41) is 0.703. The summed E-state index contributed by atoms with van der Waals surface area (Å²) in [6.07, 6.45) is 0.641.